The predicted molar refractivity (Wildman–Crippen MR) is 139 cm³/mol. The Bertz CT molecular complexity index is 1660. The zero-order valence-electron chi connectivity index (χ0n) is 20.4. The molecule has 0 N–H and O–H groups in total. The average molecular weight is 504 g/mol. The van der Waals surface area contributed by atoms with E-state index in [1.54, 1.807) is 54.6 Å². The Hall–Kier alpha value is -5.24. The third kappa shape index (κ3) is 3.62. The van der Waals surface area contributed by atoms with E-state index in [1.807, 2.05) is 19.1 Å². The van der Waals surface area contributed by atoms with Crippen LogP contribution in [0.5, 0.6) is 17.2 Å². The van der Waals surface area contributed by atoms with Crippen molar-refractivity contribution in [1.29, 1.82) is 0 Å². The molecule has 2 aliphatic heterocycles. The first-order valence-corrected chi connectivity index (χ1v) is 11.8. The number of benzene rings is 4. The van der Waals surface area contributed by atoms with Crippen LogP contribution in [0.4, 0.5) is 11.4 Å². The van der Waals surface area contributed by atoms with E-state index in [0.29, 0.717) is 28.6 Å². The molecule has 8 heteroatoms. The molecule has 0 saturated carbocycles. The fraction of sp³-hybridized carbons (Fsp3) is 0.0667. The van der Waals surface area contributed by atoms with Gasteiger partial charge < -0.3 is 9.47 Å². The van der Waals surface area contributed by atoms with E-state index in [2.05, 4.69) is 0 Å². The van der Waals surface area contributed by atoms with Gasteiger partial charge >= 0.3 is 0 Å². The summed E-state index contributed by atoms with van der Waals surface area (Å²) in [4.78, 5) is 54.3. The van der Waals surface area contributed by atoms with Gasteiger partial charge in [-0.25, -0.2) is 9.80 Å². The number of carbonyl (C=O) groups excluding carboxylic acids is 4. The number of hydrogen-bond acceptors (Lipinski definition) is 6. The number of anilines is 2. The molecule has 2 heterocycles. The second-order valence-corrected chi connectivity index (χ2v) is 8.94. The molecule has 0 radical (unpaired) electrons. The lowest BCUT2D eigenvalue weighted by atomic mass is 10.1. The number of ether oxygens (including phenoxy) is 2. The first-order valence-electron chi connectivity index (χ1n) is 11.8. The second-order valence-electron chi connectivity index (χ2n) is 8.94. The molecule has 0 fully saturated rings. The summed E-state index contributed by atoms with van der Waals surface area (Å²) >= 11 is 0. The zero-order valence-corrected chi connectivity index (χ0v) is 20.4. The molecule has 0 unspecified atom stereocenters. The molecular formula is C30H20N2O6. The van der Waals surface area contributed by atoms with E-state index in [9.17, 15) is 19.2 Å². The fourth-order valence-corrected chi connectivity index (χ4v) is 4.60. The first kappa shape index (κ1) is 23.2. The van der Waals surface area contributed by atoms with Crippen molar-refractivity contribution in [3.05, 3.63) is 113 Å². The Kier molecular flexibility index (Phi) is 5.31. The Balaban J connectivity index is 1.26. The zero-order chi connectivity index (χ0) is 26.6. The lowest BCUT2D eigenvalue weighted by molar-refractivity contribution is 0.0910. The minimum atomic E-state index is -0.468. The highest BCUT2D eigenvalue weighted by molar-refractivity contribution is 6.35. The van der Waals surface area contributed by atoms with Gasteiger partial charge in [0.2, 0.25) is 0 Å². The number of rotatable bonds is 5. The van der Waals surface area contributed by atoms with Crippen LogP contribution in [0.25, 0.3) is 0 Å². The van der Waals surface area contributed by atoms with Gasteiger partial charge in [-0.3, -0.25) is 19.2 Å². The lowest BCUT2D eigenvalue weighted by Crippen LogP contribution is -2.29. The third-order valence-electron chi connectivity index (χ3n) is 6.57. The second kappa shape index (κ2) is 8.70. The number of hydrogen-bond donors (Lipinski definition) is 0. The molecule has 0 aromatic heterocycles. The normalized spacial score (nSPS) is 14.2. The summed E-state index contributed by atoms with van der Waals surface area (Å²) in [6.45, 7) is 1.93. The quantitative estimate of drug-likeness (QED) is 0.338. The van der Waals surface area contributed by atoms with Gasteiger partial charge in [0.25, 0.3) is 23.6 Å². The van der Waals surface area contributed by atoms with Gasteiger partial charge in [0.1, 0.15) is 17.2 Å². The molecule has 0 saturated heterocycles. The number of carbonyl (C=O) groups is 4. The van der Waals surface area contributed by atoms with Crippen molar-refractivity contribution in [2.45, 2.75) is 6.92 Å². The van der Waals surface area contributed by atoms with E-state index in [0.717, 1.165) is 15.4 Å². The number of methoxy groups -OCH3 is 1. The maximum atomic E-state index is 13.1. The monoisotopic (exact) mass is 504 g/mol. The molecule has 4 aromatic rings. The summed E-state index contributed by atoms with van der Waals surface area (Å²) < 4.78 is 11.1. The summed E-state index contributed by atoms with van der Waals surface area (Å²) in [6, 6.07) is 23.0. The van der Waals surface area contributed by atoms with Crippen molar-refractivity contribution in [3.8, 4) is 17.2 Å². The maximum Gasteiger partial charge on any atom is 0.266 e. The van der Waals surface area contributed by atoms with E-state index in [1.165, 1.54) is 25.3 Å². The highest BCUT2D eigenvalue weighted by Gasteiger charge is 2.38. The topological polar surface area (TPSA) is 93.2 Å². The Morgan fingerprint density at radius 1 is 0.500 bits per heavy atom. The number of nitrogens with zero attached hydrogens (tertiary/aromatic N) is 2. The van der Waals surface area contributed by atoms with E-state index in [-0.39, 0.29) is 22.3 Å². The predicted octanol–water partition coefficient (Wildman–Crippen LogP) is 5.40. The molecule has 6 rings (SSSR count). The van der Waals surface area contributed by atoms with Crippen molar-refractivity contribution in [2.75, 3.05) is 16.9 Å². The van der Waals surface area contributed by atoms with Crippen LogP contribution in [-0.2, 0) is 0 Å². The molecular weight excluding hydrogens is 484 g/mol. The number of fused-ring (bicyclic) bond motifs is 2. The maximum absolute atomic E-state index is 13.1. The number of imide groups is 2. The summed E-state index contributed by atoms with van der Waals surface area (Å²) in [6.07, 6.45) is 0. The van der Waals surface area contributed by atoms with E-state index >= 15 is 0 Å². The van der Waals surface area contributed by atoms with Crippen LogP contribution in [0, 0.1) is 6.92 Å². The van der Waals surface area contributed by atoms with Crippen molar-refractivity contribution < 1.29 is 28.7 Å². The highest BCUT2D eigenvalue weighted by Crippen LogP contribution is 2.35. The fourth-order valence-electron chi connectivity index (χ4n) is 4.60. The minimum Gasteiger partial charge on any atom is -0.497 e. The Morgan fingerprint density at radius 3 is 1.34 bits per heavy atom. The minimum absolute atomic E-state index is 0.210. The molecule has 8 nitrogen and oxygen atoms in total. The van der Waals surface area contributed by atoms with Gasteiger partial charge in [-0.1, -0.05) is 17.7 Å². The molecule has 0 bridgehead atoms. The Labute approximate surface area is 217 Å². The van der Waals surface area contributed by atoms with Crippen LogP contribution in [0.1, 0.15) is 47.0 Å². The van der Waals surface area contributed by atoms with E-state index in [4.69, 9.17) is 9.47 Å². The highest BCUT2D eigenvalue weighted by atomic mass is 16.5. The third-order valence-corrected chi connectivity index (χ3v) is 6.57. The Morgan fingerprint density at radius 2 is 0.895 bits per heavy atom. The molecule has 0 spiro atoms. The SMILES string of the molecule is COc1ccc(N2C(=O)c3ccc(Oc4ccc5c(c4)C(=O)N(c4ccc(C)cc4)C5=O)cc3C2=O)cc1. The van der Waals surface area contributed by atoms with Crippen molar-refractivity contribution in [1.82, 2.24) is 0 Å². The van der Waals surface area contributed by atoms with Gasteiger partial charge in [-0.2, -0.15) is 0 Å². The summed E-state index contributed by atoms with van der Waals surface area (Å²) in [5.41, 5.74) is 2.93. The smallest absolute Gasteiger partial charge is 0.266 e. The van der Waals surface area contributed by atoms with Gasteiger partial charge in [-0.05, 0) is 79.7 Å². The van der Waals surface area contributed by atoms with Gasteiger partial charge in [0.05, 0.1) is 40.7 Å². The molecule has 38 heavy (non-hydrogen) atoms. The van der Waals surface area contributed by atoms with Crippen LogP contribution in [0.3, 0.4) is 0 Å². The molecule has 0 aliphatic carbocycles. The van der Waals surface area contributed by atoms with Crippen LogP contribution < -0.4 is 19.3 Å². The van der Waals surface area contributed by atoms with Crippen molar-refractivity contribution >= 4 is 35.0 Å². The molecule has 0 atom stereocenters. The standard InChI is InChI=1S/C30H20N2O6/c1-17-3-5-18(6-4-17)31-27(33)23-13-11-21(15-25(23)29(31)35)38-22-12-14-24-26(16-22)30(36)32(28(24)34)19-7-9-20(37-2)10-8-19/h3-16H,1-2H3. The summed E-state index contributed by atoms with van der Waals surface area (Å²) in [5.74, 6) is -0.501. The number of amides is 4. The summed E-state index contributed by atoms with van der Waals surface area (Å²) in [5, 5.41) is 0. The lowest BCUT2D eigenvalue weighted by Gasteiger charge is -2.14. The summed E-state index contributed by atoms with van der Waals surface area (Å²) in [7, 11) is 1.54. The largest absolute Gasteiger partial charge is 0.497 e. The molecule has 186 valence electrons. The van der Waals surface area contributed by atoms with Crippen LogP contribution in [0.15, 0.2) is 84.9 Å². The molecule has 2 aliphatic rings. The number of aryl methyl sites for hydroxylation is 1. The van der Waals surface area contributed by atoms with E-state index < -0.39 is 23.6 Å². The first-order chi connectivity index (χ1) is 18.4. The van der Waals surface area contributed by atoms with Crippen LogP contribution >= 0.6 is 0 Å². The van der Waals surface area contributed by atoms with Crippen LogP contribution in [-0.4, -0.2) is 30.7 Å². The van der Waals surface area contributed by atoms with Crippen LogP contribution in [0.2, 0.25) is 0 Å². The molecule has 4 amide bonds. The van der Waals surface area contributed by atoms with Crippen molar-refractivity contribution in [3.63, 3.8) is 0 Å². The average Bonchev–Trinajstić information content (AvgIpc) is 3.33. The van der Waals surface area contributed by atoms with Crippen molar-refractivity contribution in [2.24, 2.45) is 0 Å². The van der Waals surface area contributed by atoms with Gasteiger partial charge in [0, 0.05) is 0 Å². The van der Waals surface area contributed by atoms with Gasteiger partial charge in [0.15, 0.2) is 0 Å². The molecule has 4 aromatic carbocycles. The van der Waals surface area contributed by atoms with Gasteiger partial charge in [-0.15, -0.1) is 0 Å².